The molecule has 158 valence electrons. The fraction of sp³-hybridized carbons (Fsp3) is 0.318. The standard InChI is InChI=1S/C22H24N2O6/c25-20(23-13-19-7-4-12-28-19)15-29-21(26)14-24-22(27)16-8-10-18(11-9-16)30-17-5-2-1-3-6-17/h1-3,5-6,8-11,19H,4,7,12-15H2,(H,23,25)(H,24,27)/t19-/m0/s1. The van der Waals surface area contributed by atoms with Crippen LogP contribution in [0.4, 0.5) is 0 Å². The van der Waals surface area contributed by atoms with Crippen LogP contribution in [0.3, 0.4) is 0 Å². The van der Waals surface area contributed by atoms with Crippen LogP contribution in [-0.4, -0.2) is 50.2 Å². The van der Waals surface area contributed by atoms with Crippen molar-refractivity contribution < 1.29 is 28.6 Å². The van der Waals surface area contributed by atoms with Crippen LogP contribution in [0, 0.1) is 0 Å². The quantitative estimate of drug-likeness (QED) is 0.611. The summed E-state index contributed by atoms with van der Waals surface area (Å²) in [6.07, 6.45) is 1.91. The van der Waals surface area contributed by atoms with Gasteiger partial charge in [-0.15, -0.1) is 0 Å². The average molecular weight is 412 g/mol. The first-order valence-corrected chi connectivity index (χ1v) is 9.75. The van der Waals surface area contributed by atoms with E-state index in [1.54, 1.807) is 24.3 Å². The predicted octanol–water partition coefficient (Wildman–Crippen LogP) is 2.05. The maximum Gasteiger partial charge on any atom is 0.325 e. The molecule has 1 heterocycles. The van der Waals surface area contributed by atoms with E-state index in [0.717, 1.165) is 12.8 Å². The van der Waals surface area contributed by atoms with Crippen LogP contribution in [0.5, 0.6) is 11.5 Å². The van der Waals surface area contributed by atoms with Gasteiger partial charge in [-0.05, 0) is 49.2 Å². The molecule has 8 heteroatoms. The molecule has 0 aliphatic carbocycles. The van der Waals surface area contributed by atoms with Crippen molar-refractivity contribution in [1.82, 2.24) is 10.6 Å². The fourth-order valence-electron chi connectivity index (χ4n) is 2.83. The third kappa shape index (κ3) is 6.89. The van der Waals surface area contributed by atoms with Crippen LogP contribution < -0.4 is 15.4 Å². The van der Waals surface area contributed by atoms with Gasteiger partial charge in [0, 0.05) is 18.7 Å². The first-order valence-electron chi connectivity index (χ1n) is 9.75. The lowest BCUT2D eigenvalue weighted by Gasteiger charge is -2.11. The van der Waals surface area contributed by atoms with Gasteiger partial charge in [-0.3, -0.25) is 14.4 Å². The third-order valence-corrected chi connectivity index (χ3v) is 4.40. The molecule has 8 nitrogen and oxygen atoms in total. The number of esters is 1. The zero-order valence-electron chi connectivity index (χ0n) is 16.5. The lowest BCUT2D eigenvalue weighted by atomic mass is 10.2. The Balaban J connectivity index is 1.35. The van der Waals surface area contributed by atoms with Gasteiger partial charge in [0.05, 0.1) is 6.10 Å². The fourth-order valence-corrected chi connectivity index (χ4v) is 2.83. The Hall–Kier alpha value is -3.39. The van der Waals surface area contributed by atoms with Gasteiger partial charge < -0.3 is 24.8 Å². The molecule has 0 radical (unpaired) electrons. The number of para-hydroxylation sites is 1. The Labute approximate surface area is 174 Å². The van der Waals surface area contributed by atoms with Crippen molar-refractivity contribution in [2.75, 3.05) is 26.3 Å². The number of ether oxygens (including phenoxy) is 3. The molecule has 0 spiro atoms. The molecule has 2 aromatic rings. The van der Waals surface area contributed by atoms with Crippen molar-refractivity contribution >= 4 is 17.8 Å². The number of amides is 2. The largest absolute Gasteiger partial charge is 0.457 e. The number of nitrogens with one attached hydrogen (secondary N) is 2. The molecule has 3 rings (SSSR count). The van der Waals surface area contributed by atoms with E-state index in [9.17, 15) is 14.4 Å². The molecule has 1 fully saturated rings. The summed E-state index contributed by atoms with van der Waals surface area (Å²) in [5.74, 6) is -0.247. The van der Waals surface area contributed by atoms with Crippen LogP contribution in [0.15, 0.2) is 54.6 Å². The highest BCUT2D eigenvalue weighted by atomic mass is 16.5. The normalized spacial score (nSPS) is 15.3. The zero-order valence-corrected chi connectivity index (χ0v) is 16.5. The molecule has 0 bridgehead atoms. The second-order valence-electron chi connectivity index (χ2n) is 6.72. The summed E-state index contributed by atoms with van der Waals surface area (Å²) in [6, 6.07) is 15.8. The van der Waals surface area contributed by atoms with E-state index in [2.05, 4.69) is 10.6 Å². The molecule has 0 aromatic heterocycles. The summed E-state index contributed by atoms with van der Waals surface area (Å²) in [5, 5.41) is 5.12. The van der Waals surface area contributed by atoms with Gasteiger partial charge in [-0.1, -0.05) is 18.2 Å². The summed E-state index contributed by atoms with van der Waals surface area (Å²) >= 11 is 0. The molecule has 1 saturated heterocycles. The van der Waals surface area contributed by atoms with Gasteiger partial charge in [0.25, 0.3) is 11.8 Å². The minimum atomic E-state index is -0.695. The van der Waals surface area contributed by atoms with Gasteiger partial charge >= 0.3 is 5.97 Å². The van der Waals surface area contributed by atoms with E-state index in [-0.39, 0.29) is 12.6 Å². The van der Waals surface area contributed by atoms with E-state index in [1.165, 1.54) is 0 Å². The predicted molar refractivity (Wildman–Crippen MR) is 108 cm³/mol. The minimum absolute atomic E-state index is 0.0217. The van der Waals surface area contributed by atoms with Crippen molar-refractivity contribution in [2.24, 2.45) is 0 Å². The van der Waals surface area contributed by atoms with Gasteiger partial charge in [0.2, 0.25) is 0 Å². The van der Waals surface area contributed by atoms with Crippen molar-refractivity contribution in [3.63, 3.8) is 0 Å². The summed E-state index contributed by atoms with van der Waals surface area (Å²) in [6.45, 7) is 0.377. The lowest BCUT2D eigenvalue weighted by Crippen LogP contribution is -2.36. The minimum Gasteiger partial charge on any atom is -0.457 e. The number of rotatable bonds is 9. The number of benzene rings is 2. The zero-order chi connectivity index (χ0) is 21.2. The Morgan fingerprint density at radius 3 is 2.40 bits per heavy atom. The molecular weight excluding hydrogens is 388 g/mol. The van der Waals surface area contributed by atoms with Crippen LogP contribution in [0.2, 0.25) is 0 Å². The lowest BCUT2D eigenvalue weighted by molar-refractivity contribution is -0.147. The SMILES string of the molecule is O=C(COC(=O)CNC(=O)c1ccc(Oc2ccccc2)cc1)NC[C@@H]1CCCO1. The van der Waals surface area contributed by atoms with Crippen molar-refractivity contribution in [3.05, 3.63) is 60.2 Å². The summed E-state index contributed by atoms with van der Waals surface area (Å²) in [7, 11) is 0. The van der Waals surface area contributed by atoms with Crippen LogP contribution in [0.25, 0.3) is 0 Å². The number of carbonyl (C=O) groups is 3. The smallest absolute Gasteiger partial charge is 0.325 e. The number of hydrogen-bond acceptors (Lipinski definition) is 6. The van der Waals surface area contributed by atoms with Gasteiger partial charge in [0.1, 0.15) is 18.0 Å². The molecule has 1 atom stereocenters. The number of carbonyl (C=O) groups excluding carboxylic acids is 3. The molecule has 2 amide bonds. The first-order chi connectivity index (χ1) is 14.6. The van der Waals surface area contributed by atoms with E-state index in [0.29, 0.717) is 30.2 Å². The first kappa shape index (κ1) is 21.3. The highest BCUT2D eigenvalue weighted by Gasteiger charge is 2.17. The molecule has 1 aliphatic heterocycles. The Morgan fingerprint density at radius 2 is 1.70 bits per heavy atom. The van der Waals surface area contributed by atoms with Gasteiger partial charge in [-0.25, -0.2) is 0 Å². The topological polar surface area (TPSA) is 103 Å². The molecule has 30 heavy (non-hydrogen) atoms. The number of hydrogen-bond donors (Lipinski definition) is 2. The van der Waals surface area contributed by atoms with Crippen molar-refractivity contribution in [2.45, 2.75) is 18.9 Å². The monoisotopic (exact) mass is 412 g/mol. The molecule has 0 unspecified atom stereocenters. The Kier molecular flexibility index (Phi) is 7.79. The van der Waals surface area contributed by atoms with Crippen LogP contribution in [-0.2, 0) is 19.1 Å². The third-order valence-electron chi connectivity index (χ3n) is 4.40. The molecular formula is C22H24N2O6. The molecule has 2 N–H and O–H groups in total. The maximum atomic E-state index is 12.2. The summed E-state index contributed by atoms with van der Waals surface area (Å²) < 4.78 is 15.9. The average Bonchev–Trinajstić information content (AvgIpc) is 3.29. The summed E-state index contributed by atoms with van der Waals surface area (Å²) in [4.78, 5) is 35.6. The van der Waals surface area contributed by atoms with E-state index in [4.69, 9.17) is 14.2 Å². The summed E-state index contributed by atoms with van der Waals surface area (Å²) in [5.41, 5.74) is 0.373. The Morgan fingerprint density at radius 1 is 0.967 bits per heavy atom. The van der Waals surface area contributed by atoms with Crippen molar-refractivity contribution in [1.29, 1.82) is 0 Å². The Bertz CT molecular complexity index is 848. The molecule has 2 aromatic carbocycles. The molecule has 0 saturated carbocycles. The maximum absolute atomic E-state index is 12.2. The van der Waals surface area contributed by atoms with E-state index in [1.807, 2.05) is 30.3 Å². The van der Waals surface area contributed by atoms with Gasteiger partial charge in [0.15, 0.2) is 6.61 Å². The highest BCUT2D eigenvalue weighted by Crippen LogP contribution is 2.21. The van der Waals surface area contributed by atoms with Crippen LogP contribution in [0.1, 0.15) is 23.2 Å². The van der Waals surface area contributed by atoms with Crippen LogP contribution >= 0.6 is 0 Å². The van der Waals surface area contributed by atoms with Crippen molar-refractivity contribution in [3.8, 4) is 11.5 Å². The van der Waals surface area contributed by atoms with E-state index >= 15 is 0 Å². The molecule has 1 aliphatic rings. The second kappa shape index (κ2) is 11.0. The van der Waals surface area contributed by atoms with E-state index < -0.39 is 24.4 Å². The highest BCUT2D eigenvalue weighted by molar-refractivity contribution is 5.96. The van der Waals surface area contributed by atoms with Gasteiger partial charge in [-0.2, -0.15) is 0 Å². The second-order valence-corrected chi connectivity index (χ2v) is 6.72.